The molecule has 1 heterocycles. The third-order valence-corrected chi connectivity index (χ3v) is 4.08. The third kappa shape index (κ3) is 3.94. The minimum Gasteiger partial charge on any atom is -0.344 e. The zero-order chi connectivity index (χ0) is 15.1. The van der Waals surface area contributed by atoms with Crippen LogP contribution in [0.4, 0.5) is 0 Å². The standard InChI is InChI=1S/C17H18N2OS/c1-2-15(16-10-6-12-21-16)19-17(20)14-9-4-3-7-13(14)8-5-11-18/h3-4,6-7,9-10,12,15H,2,11,18H2,1H3,(H,19,20). The van der Waals surface area contributed by atoms with Crippen LogP contribution in [0.1, 0.15) is 40.2 Å². The maximum atomic E-state index is 12.5. The number of rotatable bonds is 4. The Balaban J connectivity index is 2.20. The van der Waals surface area contributed by atoms with Crippen molar-refractivity contribution >= 4 is 17.2 Å². The van der Waals surface area contributed by atoms with Crippen molar-refractivity contribution < 1.29 is 4.79 Å². The van der Waals surface area contributed by atoms with Crippen molar-refractivity contribution in [2.24, 2.45) is 5.73 Å². The molecular weight excluding hydrogens is 280 g/mol. The van der Waals surface area contributed by atoms with Gasteiger partial charge in [-0.15, -0.1) is 11.3 Å². The molecule has 2 aromatic rings. The molecule has 1 aromatic carbocycles. The van der Waals surface area contributed by atoms with Crippen LogP contribution >= 0.6 is 11.3 Å². The van der Waals surface area contributed by atoms with E-state index in [-0.39, 0.29) is 18.5 Å². The van der Waals surface area contributed by atoms with Crippen molar-refractivity contribution in [1.82, 2.24) is 5.32 Å². The molecule has 0 radical (unpaired) electrons. The average molecular weight is 298 g/mol. The molecule has 108 valence electrons. The zero-order valence-electron chi connectivity index (χ0n) is 11.9. The van der Waals surface area contributed by atoms with Gasteiger partial charge in [-0.05, 0) is 30.0 Å². The Kier molecular flexibility index (Phi) is 5.56. The number of nitrogens with two attached hydrogens (primary N) is 1. The van der Waals surface area contributed by atoms with E-state index in [0.29, 0.717) is 11.1 Å². The van der Waals surface area contributed by atoms with Crippen LogP contribution in [0.25, 0.3) is 0 Å². The highest BCUT2D eigenvalue weighted by molar-refractivity contribution is 7.10. The third-order valence-electron chi connectivity index (χ3n) is 3.10. The van der Waals surface area contributed by atoms with Gasteiger partial charge in [-0.2, -0.15) is 0 Å². The number of nitrogens with one attached hydrogen (secondary N) is 1. The molecule has 1 amide bonds. The lowest BCUT2D eigenvalue weighted by Gasteiger charge is -2.16. The van der Waals surface area contributed by atoms with Crippen LogP contribution in [0.5, 0.6) is 0 Å². The van der Waals surface area contributed by atoms with Gasteiger partial charge >= 0.3 is 0 Å². The molecule has 1 unspecified atom stereocenters. The Bertz CT molecular complexity index is 653. The minimum atomic E-state index is -0.0998. The van der Waals surface area contributed by atoms with Crippen molar-refractivity contribution in [3.05, 3.63) is 57.8 Å². The van der Waals surface area contributed by atoms with E-state index >= 15 is 0 Å². The summed E-state index contributed by atoms with van der Waals surface area (Å²) in [5, 5.41) is 5.09. The predicted molar refractivity (Wildman–Crippen MR) is 87.2 cm³/mol. The molecule has 0 fully saturated rings. The van der Waals surface area contributed by atoms with E-state index in [1.807, 2.05) is 35.7 Å². The summed E-state index contributed by atoms with van der Waals surface area (Å²) in [5.74, 6) is 5.64. The topological polar surface area (TPSA) is 55.1 Å². The van der Waals surface area contributed by atoms with Crippen LogP contribution < -0.4 is 11.1 Å². The van der Waals surface area contributed by atoms with Crippen LogP contribution in [0.15, 0.2) is 41.8 Å². The maximum Gasteiger partial charge on any atom is 0.253 e. The van der Waals surface area contributed by atoms with Crippen LogP contribution in [-0.4, -0.2) is 12.5 Å². The Hall–Kier alpha value is -2.09. The Morgan fingerprint density at radius 1 is 1.33 bits per heavy atom. The molecule has 1 aromatic heterocycles. The number of thiophene rings is 1. The lowest BCUT2D eigenvalue weighted by Crippen LogP contribution is -2.28. The second kappa shape index (κ2) is 7.63. The second-order valence-electron chi connectivity index (χ2n) is 4.50. The molecule has 1 atom stereocenters. The van der Waals surface area contributed by atoms with Crippen molar-refractivity contribution in [3.63, 3.8) is 0 Å². The van der Waals surface area contributed by atoms with E-state index < -0.39 is 0 Å². The first kappa shape index (κ1) is 15.3. The van der Waals surface area contributed by atoms with Gasteiger partial charge in [-0.1, -0.05) is 37.0 Å². The van der Waals surface area contributed by atoms with Gasteiger partial charge in [0.15, 0.2) is 0 Å². The number of hydrogen-bond donors (Lipinski definition) is 2. The lowest BCUT2D eigenvalue weighted by atomic mass is 10.1. The van der Waals surface area contributed by atoms with Crippen LogP contribution in [0.3, 0.4) is 0 Å². The maximum absolute atomic E-state index is 12.5. The molecule has 21 heavy (non-hydrogen) atoms. The summed E-state index contributed by atoms with van der Waals surface area (Å²) in [6.07, 6.45) is 0.850. The van der Waals surface area contributed by atoms with Gasteiger partial charge in [0.2, 0.25) is 0 Å². The fraction of sp³-hybridized carbons (Fsp3) is 0.235. The molecule has 0 saturated heterocycles. The summed E-state index contributed by atoms with van der Waals surface area (Å²) in [6, 6.07) is 11.4. The lowest BCUT2D eigenvalue weighted by molar-refractivity contribution is 0.0936. The summed E-state index contributed by atoms with van der Waals surface area (Å²) >= 11 is 1.65. The van der Waals surface area contributed by atoms with E-state index in [1.54, 1.807) is 17.4 Å². The monoisotopic (exact) mass is 298 g/mol. The fourth-order valence-electron chi connectivity index (χ4n) is 2.04. The Morgan fingerprint density at radius 2 is 2.14 bits per heavy atom. The smallest absolute Gasteiger partial charge is 0.253 e. The van der Waals surface area contributed by atoms with Gasteiger partial charge in [-0.3, -0.25) is 4.79 Å². The summed E-state index contributed by atoms with van der Waals surface area (Å²) in [4.78, 5) is 13.7. The van der Waals surface area contributed by atoms with E-state index in [0.717, 1.165) is 11.3 Å². The zero-order valence-corrected chi connectivity index (χ0v) is 12.7. The molecule has 0 spiro atoms. The van der Waals surface area contributed by atoms with Crippen LogP contribution in [0.2, 0.25) is 0 Å². The molecule has 0 saturated carbocycles. The fourth-order valence-corrected chi connectivity index (χ4v) is 2.90. The van der Waals surface area contributed by atoms with E-state index in [4.69, 9.17) is 5.73 Å². The minimum absolute atomic E-state index is 0.0352. The van der Waals surface area contributed by atoms with Gasteiger partial charge in [0.05, 0.1) is 18.2 Å². The van der Waals surface area contributed by atoms with E-state index in [9.17, 15) is 4.79 Å². The summed E-state index contributed by atoms with van der Waals surface area (Å²) < 4.78 is 0. The first-order valence-electron chi connectivity index (χ1n) is 6.88. The van der Waals surface area contributed by atoms with Gasteiger partial charge < -0.3 is 11.1 Å². The van der Waals surface area contributed by atoms with Crippen molar-refractivity contribution in [2.45, 2.75) is 19.4 Å². The van der Waals surface area contributed by atoms with Gasteiger partial charge in [0, 0.05) is 10.4 Å². The highest BCUT2D eigenvalue weighted by Crippen LogP contribution is 2.22. The summed E-state index contributed by atoms with van der Waals surface area (Å²) in [6.45, 7) is 2.34. The largest absolute Gasteiger partial charge is 0.344 e. The van der Waals surface area contributed by atoms with Crippen LogP contribution in [-0.2, 0) is 0 Å². The van der Waals surface area contributed by atoms with Gasteiger partial charge in [-0.25, -0.2) is 0 Å². The van der Waals surface area contributed by atoms with E-state index in [1.165, 1.54) is 0 Å². The number of benzene rings is 1. The van der Waals surface area contributed by atoms with Crippen LogP contribution in [0, 0.1) is 11.8 Å². The summed E-state index contributed by atoms with van der Waals surface area (Å²) in [7, 11) is 0. The molecule has 3 N–H and O–H groups in total. The molecule has 3 nitrogen and oxygen atoms in total. The Labute approximate surface area is 129 Å². The normalized spacial score (nSPS) is 11.3. The van der Waals surface area contributed by atoms with Crippen molar-refractivity contribution in [2.75, 3.05) is 6.54 Å². The highest BCUT2D eigenvalue weighted by atomic mass is 32.1. The molecule has 0 aliphatic carbocycles. The summed E-state index contributed by atoms with van der Waals surface area (Å²) in [5.41, 5.74) is 6.70. The number of hydrogen-bond acceptors (Lipinski definition) is 3. The molecule has 4 heteroatoms. The Morgan fingerprint density at radius 3 is 2.81 bits per heavy atom. The van der Waals surface area contributed by atoms with Crippen molar-refractivity contribution in [1.29, 1.82) is 0 Å². The molecule has 0 aliphatic heterocycles. The first-order chi connectivity index (χ1) is 10.3. The van der Waals surface area contributed by atoms with Crippen molar-refractivity contribution in [3.8, 4) is 11.8 Å². The number of carbonyl (C=O) groups is 1. The first-order valence-corrected chi connectivity index (χ1v) is 7.76. The van der Waals surface area contributed by atoms with E-state index in [2.05, 4.69) is 24.1 Å². The number of amides is 1. The highest BCUT2D eigenvalue weighted by Gasteiger charge is 2.16. The molecule has 2 rings (SSSR count). The molecule has 0 aliphatic rings. The van der Waals surface area contributed by atoms with Gasteiger partial charge in [0.25, 0.3) is 5.91 Å². The average Bonchev–Trinajstić information content (AvgIpc) is 3.04. The molecule has 0 bridgehead atoms. The second-order valence-corrected chi connectivity index (χ2v) is 5.48. The number of carbonyl (C=O) groups excluding carboxylic acids is 1. The SMILES string of the molecule is CCC(NC(=O)c1ccccc1C#CCN)c1cccs1. The quantitative estimate of drug-likeness (QED) is 0.853. The molecular formula is C17H18N2OS. The predicted octanol–water partition coefficient (Wildman–Crippen LogP) is 2.94. The van der Waals surface area contributed by atoms with Gasteiger partial charge in [0.1, 0.15) is 0 Å².